The van der Waals surface area contributed by atoms with Gasteiger partial charge in [0.15, 0.2) is 0 Å². The van der Waals surface area contributed by atoms with Crippen LogP contribution in [0.4, 0.5) is 0 Å². The molecule has 1 saturated carbocycles. The number of rotatable bonds is 7. The summed E-state index contributed by atoms with van der Waals surface area (Å²) in [7, 11) is -3.39. The van der Waals surface area contributed by atoms with Gasteiger partial charge in [-0.15, -0.1) is 0 Å². The molecule has 1 rings (SSSR count). The van der Waals surface area contributed by atoms with Gasteiger partial charge in [-0.25, -0.2) is 8.42 Å². The fourth-order valence-corrected chi connectivity index (χ4v) is 2.37. The van der Waals surface area contributed by atoms with Gasteiger partial charge in [0.05, 0.1) is 24.5 Å². The summed E-state index contributed by atoms with van der Waals surface area (Å²) in [5.41, 5.74) is 0. The fraction of sp³-hybridized carbons (Fsp3) is 0.900. The van der Waals surface area contributed by atoms with E-state index in [1.807, 2.05) is 19.9 Å². The van der Waals surface area contributed by atoms with E-state index in [9.17, 15) is 8.42 Å². The van der Waals surface area contributed by atoms with Crippen molar-refractivity contribution >= 4 is 10.0 Å². The Morgan fingerprint density at radius 3 is 2.56 bits per heavy atom. The maximum Gasteiger partial charge on any atom is 0.215 e. The smallest absolute Gasteiger partial charge is 0.215 e. The molecule has 1 N–H and O–H groups in total. The lowest BCUT2D eigenvalue weighted by Gasteiger charge is -2.12. The molecule has 1 unspecified atom stereocenters. The first-order chi connectivity index (χ1) is 7.44. The van der Waals surface area contributed by atoms with Gasteiger partial charge in [0.25, 0.3) is 0 Å². The lowest BCUT2D eigenvalue weighted by atomic mass is 10.2. The monoisotopic (exact) mass is 246 g/mol. The first kappa shape index (κ1) is 13.4. The number of sulfonamides is 1. The van der Waals surface area contributed by atoms with Gasteiger partial charge in [-0.3, -0.25) is 0 Å². The van der Waals surface area contributed by atoms with Crippen LogP contribution in [0.15, 0.2) is 0 Å². The summed E-state index contributed by atoms with van der Waals surface area (Å²) in [6.07, 6.45) is 1.89. The molecular weight excluding hydrogens is 228 g/mol. The molecule has 16 heavy (non-hydrogen) atoms. The second-order valence-electron chi connectivity index (χ2n) is 4.30. The van der Waals surface area contributed by atoms with Crippen molar-refractivity contribution in [1.82, 2.24) is 4.72 Å². The van der Waals surface area contributed by atoms with Crippen LogP contribution in [0, 0.1) is 17.2 Å². The van der Waals surface area contributed by atoms with Gasteiger partial charge in [-0.05, 0) is 32.6 Å². The van der Waals surface area contributed by atoms with Gasteiger partial charge in [-0.2, -0.15) is 9.98 Å². The first-order valence-corrected chi connectivity index (χ1v) is 7.11. The molecule has 0 amide bonds. The highest BCUT2D eigenvalue weighted by Gasteiger charge is 2.33. The second kappa shape index (κ2) is 5.62. The average molecular weight is 246 g/mol. The average Bonchev–Trinajstić information content (AvgIpc) is 2.96. The molecule has 1 aliphatic rings. The highest BCUT2D eigenvalue weighted by molar-refractivity contribution is 7.89. The lowest BCUT2D eigenvalue weighted by Crippen LogP contribution is -2.38. The van der Waals surface area contributed by atoms with E-state index in [0.717, 1.165) is 12.8 Å². The predicted molar refractivity (Wildman–Crippen MR) is 60.1 cm³/mol. The van der Waals surface area contributed by atoms with E-state index in [2.05, 4.69) is 4.72 Å². The number of ether oxygens (including phenoxy) is 1. The van der Waals surface area contributed by atoms with Crippen LogP contribution in [-0.4, -0.2) is 32.9 Å². The SMILES string of the molecule is CC(C)OCCS(=O)(=O)NC(C#N)C1CC1. The summed E-state index contributed by atoms with van der Waals surface area (Å²) in [5.74, 6) is 0.113. The standard InChI is InChI=1S/C10H18N2O3S/c1-8(2)15-5-6-16(13,14)12-10(7-11)9-3-4-9/h8-10,12H,3-6H2,1-2H3. The number of hydrogen-bond acceptors (Lipinski definition) is 4. The second-order valence-corrected chi connectivity index (χ2v) is 6.17. The van der Waals surface area contributed by atoms with Crippen LogP contribution in [0.1, 0.15) is 26.7 Å². The Hall–Kier alpha value is -0.640. The van der Waals surface area contributed by atoms with Gasteiger partial charge in [0.1, 0.15) is 6.04 Å². The van der Waals surface area contributed by atoms with E-state index in [1.165, 1.54) is 0 Å². The quantitative estimate of drug-likeness (QED) is 0.714. The molecule has 1 aliphatic carbocycles. The lowest BCUT2D eigenvalue weighted by molar-refractivity contribution is 0.0911. The van der Waals surface area contributed by atoms with Crippen molar-refractivity contribution in [1.29, 1.82) is 5.26 Å². The molecular formula is C10H18N2O3S. The number of hydrogen-bond donors (Lipinski definition) is 1. The molecule has 0 aromatic heterocycles. The Bertz CT molecular complexity index is 355. The van der Waals surface area contributed by atoms with Gasteiger partial charge < -0.3 is 4.74 Å². The molecule has 0 aromatic carbocycles. The normalized spacial score (nSPS) is 18.4. The van der Waals surface area contributed by atoms with E-state index < -0.39 is 16.1 Å². The topological polar surface area (TPSA) is 79.2 Å². The minimum atomic E-state index is -3.39. The molecule has 0 aliphatic heterocycles. The summed E-state index contributed by atoms with van der Waals surface area (Å²) in [6, 6.07) is 1.42. The molecule has 6 heteroatoms. The fourth-order valence-electron chi connectivity index (χ4n) is 1.30. The van der Waals surface area contributed by atoms with Crippen molar-refractivity contribution < 1.29 is 13.2 Å². The van der Waals surface area contributed by atoms with Gasteiger partial charge in [0, 0.05) is 0 Å². The zero-order valence-corrected chi connectivity index (χ0v) is 10.5. The van der Waals surface area contributed by atoms with Crippen LogP contribution in [0.2, 0.25) is 0 Å². The summed E-state index contributed by atoms with van der Waals surface area (Å²) in [6.45, 7) is 3.86. The number of nitriles is 1. The van der Waals surface area contributed by atoms with Gasteiger partial charge >= 0.3 is 0 Å². The van der Waals surface area contributed by atoms with E-state index >= 15 is 0 Å². The number of nitrogens with zero attached hydrogens (tertiary/aromatic N) is 1. The molecule has 5 nitrogen and oxygen atoms in total. The predicted octanol–water partition coefficient (Wildman–Crippen LogP) is 0.633. The van der Waals surface area contributed by atoms with Crippen LogP contribution in [0.25, 0.3) is 0 Å². The van der Waals surface area contributed by atoms with Crippen LogP contribution in [0.3, 0.4) is 0 Å². The highest BCUT2D eigenvalue weighted by Crippen LogP contribution is 2.32. The van der Waals surface area contributed by atoms with Crippen LogP contribution in [0.5, 0.6) is 0 Å². The van der Waals surface area contributed by atoms with E-state index in [4.69, 9.17) is 10.00 Å². The largest absolute Gasteiger partial charge is 0.378 e. The van der Waals surface area contributed by atoms with Crippen molar-refractivity contribution in [2.24, 2.45) is 5.92 Å². The zero-order chi connectivity index (χ0) is 12.2. The Balaban J connectivity index is 2.35. The van der Waals surface area contributed by atoms with Gasteiger partial charge in [-0.1, -0.05) is 0 Å². The Labute approximate surface area is 96.8 Å². The minimum absolute atomic E-state index is 0.0189. The molecule has 0 aromatic rings. The molecule has 0 heterocycles. The number of nitrogens with one attached hydrogen (secondary N) is 1. The third kappa shape index (κ3) is 4.92. The Morgan fingerprint density at radius 2 is 2.12 bits per heavy atom. The molecule has 1 fully saturated rings. The van der Waals surface area contributed by atoms with Crippen molar-refractivity contribution in [2.75, 3.05) is 12.4 Å². The molecule has 1 atom stereocenters. The Kier molecular flexibility index (Phi) is 4.71. The molecule has 0 bridgehead atoms. The molecule has 0 spiro atoms. The first-order valence-electron chi connectivity index (χ1n) is 5.46. The van der Waals surface area contributed by atoms with Crippen LogP contribution < -0.4 is 4.72 Å². The maximum atomic E-state index is 11.6. The third-order valence-electron chi connectivity index (χ3n) is 2.34. The third-order valence-corrected chi connectivity index (χ3v) is 3.66. The van der Waals surface area contributed by atoms with Crippen molar-refractivity contribution in [3.8, 4) is 6.07 Å². The highest BCUT2D eigenvalue weighted by atomic mass is 32.2. The van der Waals surface area contributed by atoms with E-state index in [-0.39, 0.29) is 24.4 Å². The van der Waals surface area contributed by atoms with E-state index in [0.29, 0.717) is 0 Å². The van der Waals surface area contributed by atoms with Crippen LogP contribution in [-0.2, 0) is 14.8 Å². The van der Waals surface area contributed by atoms with Crippen molar-refractivity contribution in [3.63, 3.8) is 0 Å². The molecule has 0 saturated heterocycles. The zero-order valence-electron chi connectivity index (χ0n) is 9.64. The summed E-state index contributed by atoms with van der Waals surface area (Å²) in [4.78, 5) is 0. The van der Waals surface area contributed by atoms with Crippen molar-refractivity contribution in [2.45, 2.75) is 38.8 Å². The van der Waals surface area contributed by atoms with Gasteiger partial charge in [0.2, 0.25) is 10.0 Å². The maximum absolute atomic E-state index is 11.6. The summed E-state index contributed by atoms with van der Waals surface area (Å²) >= 11 is 0. The van der Waals surface area contributed by atoms with Crippen LogP contribution >= 0.6 is 0 Å². The molecule has 92 valence electrons. The summed E-state index contributed by atoms with van der Waals surface area (Å²) in [5, 5.41) is 8.81. The molecule has 0 radical (unpaired) electrons. The minimum Gasteiger partial charge on any atom is -0.378 e. The van der Waals surface area contributed by atoms with Crippen molar-refractivity contribution in [3.05, 3.63) is 0 Å². The summed E-state index contributed by atoms with van der Waals surface area (Å²) < 4.78 is 30.7. The Morgan fingerprint density at radius 1 is 1.50 bits per heavy atom. The van der Waals surface area contributed by atoms with E-state index in [1.54, 1.807) is 0 Å².